The summed E-state index contributed by atoms with van der Waals surface area (Å²) in [5.74, 6) is 1.33. The summed E-state index contributed by atoms with van der Waals surface area (Å²) in [5.41, 5.74) is 1.68. The molecular formula is C15H15ClN2OS. The van der Waals surface area contributed by atoms with E-state index >= 15 is 0 Å². The van der Waals surface area contributed by atoms with E-state index in [4.69, 9.17) is 28.6 Å². The molecule has 1 aliphatic heterocycles. The fraction of sp³-hybridized carbons (Fsp3) is 0.333. The zero-order valence-corrected chi connectivity index (χ0v) is 12.7. The highest BCUT2D eigenvalue weighted by Crippen LogP contribution is 2.28. The van der Waals surface area contributed by atoms with Gasteiger partial charge in [0, 0.05) is 18.3 Å². The van der Waals surface area contributed by atoms with Crippen molar-refractivity contribution in [1.29, 1.82) is 0 Å². The van der Waals surface area contributed by atoms with Crippen LogP contribution in [0.3, 0.4) is 0 Å². The van der Waals surface area contributed by atoms with E-state index in [1.165, 1.54) is 0 Å². The van der Waals surface area contributed by atoms with Crippen molar-refractivity contribution in [2.24, 2.45) is 0 Å². The van der Waals surface area contributed by atoms with Gasteiger partial charge >= 0.3 is 0 Å². The maximum Gasteiger partial charge on any atom is 0.149 e. The number of nitrogens with zero attached hydrogens (tertiary/aromatic N) is 2. The molecule has 0 N–H and O–H groups in total. The number of halogens is 1. The Balaban J connectivity index is 2.11. The summed E-state index contributed by atoms with van der Waals surface area (Å²) in [7, 11) is 1.97. The molecule has 2 aromatic rings. The summed E-state index contributed by atoms with van der Waals surface area (Å²) >= 11 is 11.4. The van der Waals surface area contributed by atoms with Crippen LogP contribution in [0.2, 0.25) is 0 Å². The zero-order chi connectivity index (χ0) is 14.1. The summed E-state index contributed by atoms with van der Waals surface area (Å²) in [6.45, 7) is 0.734. The van der Waals surface area contributed by atoms with E-state index in [-0.39, 0.29) is 6.10 Å². The van der Waals surface area contributed by atoms with Gasteiger partial charge in [-0.25, -0.2) is 4.98 Å². The number of pyridine rings is 1. The summed E-state index contributed by atoms with van der Waals surface area (Å²) in [4.78, 5) is 7.40. The minimum Gasteiger partial charge on any atom is -0.486 e. The summed E-state index contributed by atoms with van der Waals surface area (Å²) in [6.07, 6.45) is 0.834. The Morgan fingerprint density at radius 3 is 3.05 bits per heavy atom. The molecule has 0 bridgehead atoms. The molecule has 5 heteroatoms. The number of thiocarbonyl (C=S) groups is 1. The van der Waals surface area contributed by atoms with Gasteiger partial charge in [0.15, 0.2) is 0 Å². The van der Waals surface area contributed by atoms with E-state index in [1.807, 2.05) is 42.3 Å². The Labute approximate surface area is 128 Å². The van der Waals surface area contributed by atoms with Crippen LogP contribution in [0.1, 0.15) is 12.1 Å². The molecule has 0 fully saturated rings. The Kier molecular flexibility index (Phi) is 3.76. The van der Waals surface area contributed by atoms with E-state index in [2.05, 4.69) is 4.98 Å². The van der Waals surface area contributed by atoms with E-state index in [9.17, 15) is 0 Å². The molecule has 1 unspecified atom stereocenters. The number of ether oxygens (including phenoxy) is 1. The number of benzene rings is 1. The summed E-state index contributed by atoms with van der Waals surface area (Å²) < 4.78 is 6.07. The van der Waals surface area contributed by atoms with Gasteiger partial charge in [-0.1, -0.05) is 30.4 Å². The third-order valence-corrected chi connectivity index (χ3v) is 4.16. The monoisotopic (exact) mass is 306 g/mol. The lowest BCUT2D eigenvalue weighted by Gasteiger charge is -2.20. The molecule has 0 amide bonds. The Morgan fingerprint density at radius 1 is 1.45 bits per heavy atom. The third-order valence-electron chi connectivity index (χ3n) is 3.44. The number of alkyl halides is 1. The van der Waals surface area contributed by atoms with Crippen molar-refractivity contribution in [2.45, 2.75) is 12.5 Å². The topological polar surface area (TPSA) is 25.4 Å². The largest absolute Gasteiger partial charge is 0.486 e. The van der Waals surface area contributed by atoms with Crippen molar-refractivity contribution in [1.82, 2.24) is 9.88 Å². The first kappa shape index (κ1) is 13.6. The smallest absolute Gasteiger partial charge is 0.149 e. The molecule has 1 aromatic heterocycles. The number of fused-ring (bicyclic) bond motifs is 2. The van der Waals surface area contributed by atoms with Crippen molar-refractivity contribution < 1.29 is 4.74 Å². The first-order valence-electron chi connectivity index (χ1n) is 6.57. The lowest BCUT2D eigenvalue weighted by Crippen LogP contribution is -2.33. The van der Waals surface area contributed by atoms with Crippen LogP contribution in [0, 0.1) is 0 Å². The number of para-hydroxylation sites is 1. The molecule has 0 saturated heterocycles. The molecule has 0 aliphatic carbocycles. The van der Waals surface area contributed by atoms with Crippen LogP contribution in [0.5, 0.6) is 5.75 Å². The van der Waals surface area contributed by atoms with Gasteiger partial charge in [-0.2, -0.15) is 0 Å². The van der Waals surface area contributed by atoms with Gasteiger partial charge in [-0.3, -0.25) is 0 Å². The zero-order valence-electron chi connectivity index (χ0n) is 11.2. The highest BCUT2D eigenvalue weighted by Gasteiger charge is 2.25. The second-order valence-corrected chi connectivity index (χ2v) is 5.70. The molecule has 1 aromatic carbocycles. The van der Waals surface area contributed by atoms with Gasteiger partial charge in [0.1, 0.15) is 22.5 Å². The molecule has 0 spiro atoms. The van der Waals surface area contributed by atoms with Gasteiger partial charge in [0.25, 0.3) is 0 Å². The van der Waals surface area contributed by atoms with Crippen LogP contribution in [0.25, 0.3) is 10.9 Å². The van der Waals surface area contributed by atoms with E-state index in [0.29, 0.717) is 5.88 Å². The van der Waals surface area contributed by atoms with Crippen molar-refractivity contribution >= 4 is 39.7 Å². The van der Waals surface area contributed by atoms with Crippen LogP contribution in [0.4, 0.5) is 0 Å². The molecule has 0 radical (unpaired) electrons. The van der Waals surface area contributed by atoms with Crippen LogP contribution in [0.15, 0.2) is 30.3 Å². The maximum absolute atomic E-state index is 6.07. The number of hydrogen-bond donors (Lipinski definition) is 0. The second-order valence-electron chi connectivity index (χ2n) is 4.93. The SMILES string of the molecule is CN1CC(CCCl)Oc2cc3ccccc3nc2C1=S. The standard InChI is InChI=1S/C15H15ClN2OS/c1-18-9-11(6-7-16)19-13-8-10-4-2-3-5-12(10)17-14(13)15(18)20/h2-5,8,11H,6-7,9H2,1H3. The van der Waals surface area contributed by atoms with Gasteiger partial charge in [-0.05, 0) is 18.6 Å². The van der Waals surface area contributed by atoms with E-state index < -0.39 is 0 Å². The average Bonchev–Trinajstić information content (AvgIpc) is 2.55. The average molecular weight is 307 g/mol. The summed E-state index contributed by atoms with van der Waals surface area (Å²) in [5, 5.41) is 1.06. The van der Waals surface area contributed by atoms with E-state index in [0.717, 1.165) is 40.3 Å². The predicted octanol–water partition coefficient (Wildman–Crippen LogP) is 3.23. The highest BCUT2D eigenvalue weighted by molar-refractivity contribution is 7.80. The van der Waals surface area contributed by atoms with Crippen LogP contribution >= 0.6 is 23.8 Å². The van der Waals surface area contributed by atoms with Crippen molar-refractivity contribution in [3.05, 3.63) is 36.0 Å². The fourth-order valence-electron chi connectivity index (χ4n) is 2.40. The van der Waals surface area contributed by atoms with Crippen LogP contribution in [-0.4, -0.2) is 40.4 Å². The van der Waals surface area contributed by atoms with Gasteiger partial charge < -0.3 is 9.64 Å². The molecule has 3 rings (SSSR count). The fourth-order valence-corrected chi connectivity index (χ4v) is 2.86. The quantitative estimate of drug-likeness (QED) is 0.628. The lowest BCUT2D eigenvalue weighted by molar-refractivity contribution is 0.179. The number of likely N-dealkylation sites (N-methyl/N-ethyl adjacent to an activating group) is 1. The Hall–Kier alpha value is -1.39. The van der Waals surface area contributed by atoms with Crippen molar-refractivity contribution in [3.63, 3.8) is 0 Å². The first-order chi connectivity index (χ1) is 9.69. The molecule has 1 aliphatic rings. The highest BCUT2D eigenvalue weighted by atomic mass is 35.5. The molecule has 20 heavy (non-hydrogen) atoms. The molecule has 3 nitrogen and oxygen atoms in total. The van der Waals surface area contributed by atoms with Gasteiger partial charge in [0.2, 0.25) is 0 Å². The molecule has 1 atom stereocenters. The summed E-state index contributed by atoms with van der Waals surface area (Å²) in [6, 6.07) is 10.0. The minimum absolute atomic E-state index is 0.0414. The van der Waals surface area contributed by atoms with E-state index in [1.54, 1.807) is 0 Å². The maximum atomic E-state index is 6.07. The lowest BCUT2D eigenvalue weighted by atomic mass is 10.2. The Morgan fingerprint density at radius 2 is 2.25 bits per heavy atom. The van der Waals surface area contributed by atoms with Gasteiger partial charge in [-0.15, -0.1) is 11.6 Å². The molecule has 0 saturated carbocycles. The first-order valence-corrected chi connectivity index (χ1v) is 7.51. The number of rotatable bonds is 2. The van der Waals surface area contributed by atoms with Crippen molar-refractivity contribution in [3.8, 4) is 5.75 Å². The number of hydrogen-bond acceptors (Lipinski definition) is 3. The molecular weight excluding hydrogens is 292 g/mol. The normalized spacial score (nSPS) is 18.6. The third kappa shape index (κ3) is 2.45. The van der Waals surface area contributed by atoms with Crippen LogP contribution < -0.4 is 4.74 Å². The molecule has 2 heterocycles. The minimum atomic E-state index is 0.0414. The number of aromatic nitrogens is 1. The van der Waals surface area contributed by atoms with Gasteiger partial charge in [0.05, 0.1) is 12.1 Å². The molecule has 104 valence electrons. The Bertz CT molecular complexity index is 661. The van der Waals surface area contributed by atoms with Crippen molar-refractivity contribution in [2.75, 3.05) is 19.5 Å². The second kappa shape index (κ2) is 5.54. The van der Waals surface area contributed by atoms with Crippen LogP contribution in [-0.2, 0) is 0 Å². The predicted molar refractivity (Wildman–Crippen MR) is 85.8 cm³/mol.